The van der Waals surface area contributed by atoms with Crippen molar-refractivity contribution in [2.24, 2.45) is 35.3 Å². The molecule has 5 heteroatoms. The first-order chi connectivity index (χ1) is 10.1. The standard InChI is InChI=1S/C16H17BrN2OS/c17-9-3-4-11(10(6-9)15(18)21)19-16(20)14-12-7-1-2-8(5-7)13(12)14/h3-4,6-8,12-14H,1-2,5H2,(H2,18,21)(H,19,20). The Morgan fingerprint density at radius 1 is 1.29 bits per heavy atom. The lowest BCUT2D eigenvalue weighted by atomic mass is 10.0. The van der Waals surface area contributed by atoms with E-state index in [0.717, 1.165) is 27.6 Å². The number of carbonyl (C=O) groups is 1. The average Bonchev–Trinajstić information content (AvgIpc) is 2.89. The predicted octanol–water partition coefficient (Wildman–Crippen LogP) is 3.31. The number of thiocarbonyl (C=S) groups is 1. The van der Waals surface area contributed by atoms with E-state index in [1.54, 1.807) is 0 Å². The summed E-state index contributed by atoms with van der Waals surface area (Å²) in [4.78, 5) is 12.9. The van der Waals surface area contributed by atoms with E-state index in [1.807, 2.05) is 18.2 Å². The molecule has 3 N–H and O–H groups in total. The van der Waals surface area contributed by atoms with Gasteiger partial charge >= 0.3 is 0 Å². The third-order valence-corrected chi connectivity index (χ3v) is 6.26. The summed E-state index contributed by atoms with van der Waals surface area (Å²) in [6.07, 6.45) is 4.01. The molecule has 3 aliphatic carbocycles. The van der Waals surface area contributed by atoms with Crippen molar-refractivity contribution in [2.75, 3.05) is 5.32 Å². The second kappa shape index (κ2) is 4.78. The Kier molecular flexibility index (Phi) is 3.12. The molecule has 1 aromatic carbocycles. The molecule has 0 spiro atoms. The Morgan fingerprint density at radius 3 is 2.57 bits per heavy atom. The zero-order chi connectivity index (χ0) is 14.7. The van der Waals surface area contributed by atoms with Crippen LogP contribution in [0.4, 0.5) is 5.69 Å². The molecule has 4 unspecified atom stereocenters. The number of rotatable bonds is 3. The smallest absolute Gasteiger partial charge is 0.228 e. The van der Waals surface area contributed by atoms with Gasteiger partial charge in [-0.05, 0) is 61.1 Å². The fraction of sp³-hybridized carbons (Fsp3) is 0.500. The summed E-state index contributed by atoms with van der Waals surface area (Å²) < 4.78 is 0.907. The Bertz CT molecular complexity index is 631. The summed E-state index contributed by atoms with van der Waals surface area (Å²) >= 11 is 8.48. The first kappa shape index (κ1) is 13.7. The molecule has 2 bridgehead atoms. The van der Waals surface area contributed by atoms with Crippen LogP contribution in [0.25, 0.3) is 0 Å². The summed E-state index contributed by atoms with van der Waals surface area (Å²) in [6, 6.07) is 5.62. The second-order valence-corrected chi connectivity index (χ2v) is 7.91. The number of halogens is 1. The summed E-state index contributed by atoms with van der Waals surface area (Å²) in [5.41, 5.74) is 7.21. The maximum atomic E-state index is 12.6. The van der Waals surface area contributed by atoms with Gasteiger partial charge in [-0.15, -0.1) is 0 Å². The molecule has 3 fully saturated rings. The summed E-state index contributed by atoms with van der Waals surface area (Å²) in [6.45, 7) is 0. The average molecular weight is 365 g/mol. The Balaban J connectivity index is 1.52. The third-order valence-electron chi connectivity index (χ3n) is 5.54. The van der Waals surface area contributed by atoms with Crippen molar-refractivity contribution >= 4 is 44.7 Å². The van der Waals surface area contributed by atoms with Gasteiger partial charge in [0.25, 0.3) is 0 Å². The van der Waals surface area contributed by atoms with Gasteiger partial charge in [-0.2, -0.15) is 0 Å². The Labute approximate surface area is 137 Å². The normalized spacial score (nSPS) is 35.4. The lowest BCUT2D eigenvalue weighted by Crippen LogP contribution is -2.21. The van der Waals surface area contributed by atoms with Crippen LogP contribution < -0.4 is 11.1 Å². The maximum Gasteiger partial charge on any atom is 0.228 e. The minimum Gasteiger partial charge on any atom is -0.389 e. The molecule has 1 aromatic rings. The van der Waals surface area contributed by atoms with Crippen LogP contribution in [0.15, 0.2) is 22.7 Å². The van der Waals surface area contributed by atoms with Gasteiger partial charge in [-0.25, -0.2) is 0 Å². The molecule has 0 radical (unpaired) electrons. The lowest BCUT2D eigenvalue weighted by molar-refractivity contribution is -0.118. The summed E-state index contributed by atoms with van der Waals surface area (Å²) in [5, 5.41) is 3.05. The highest BCUT2D eigenvalue weighted by atomic mass is 79.9. The fourth-order valence-corrected chi connectivity index (χ4v) is 5.25. The van der Waals surface area contributed by atoms with Crippen molar-refractivity contribution in [1.29, 1.82) is 0 Å². The van der Waals surface area contributed by atoms with E-state index in [2.05, 4.69) is 21.2 Å². The van der Waals surface area contributed by atoms with Crippen molar-refractivity contribution in [3.63, 3.8) is 0 Å². The van der Waals surface area contributed by atoms with E-state index < -0.39 is 0 Å². The molecule has 3 aliphatic rings. The quantitative estimate of drug-likeness (QED) is 0.808. The van der Waals surface area contributed by atoms with Crippen LogP contribution in [0.2, 0.25) is 0 Å². The third kappa shape index (κ3) is 2.13. The molecule has 0 saturated heterocycles. The highest BCUT2D eigenvalue weighted by Gasteiger charge is 2.67. The van der Waals surface area contributed by atoms with Gasteiger partial charge in [0.2, 0.25) is 5.91 Å². The van der Waals surface area contributed by atoms with Crippen molar-refractivity contribution in [2.45, 2.75) is 19.3 Å². The predicted molar refractivity (Wildman–Crippen MR) is 90.0 cm³/mol. The van der Waals surface area contributed by atoms with E-state index >= 15 is 0 Å². The summed E-state index contributed by atoms with van der Waals surface area (Å²) in [5.74, 6) is 3.27. The Morgan fingerprint density at radius 2 is 1.95 bits per heavy atom. The van der Waals surface area contributed by atoms with Gasteiger partial charge in [0, 0.05) is 16.0 Å². The molecule has 110 valence electrons. The molecule has 0 heterocycles. The number of fused-ring (bicyclic) bond motifs is 5. The van der Waals surface area contributed by atoms with Gasteiger partial charge in [0.1, 0.15) is 4.99 Å². The number of hydrogen-bond donors (Lipinski definition) is 2. The number of anilines is 1. The van der Waals surface area contributed by atoms with Crippen molar-refractivity contribution < 1.29 is 4.79 Å². The number of carbonyl (C=O) groups excluding carboxylic acids is 1. The highest BCUT2D eigenvalue weighted by Crippen LogP contribution is 2.69. The van der Waals surface area contributed by atoms with Crippen LogP contribution in [0.3, 0.4) is 0 Å². The highest BCUT2D eigenvalue weighted by molar-refractivity contribution is 9.10. The van der Waals surface area contributed by atoms with Crippen molar-refractivity contribution in [3.05, 3.63) is 28.2 Å². The number of amides is 1. The molecule has 0 aliphatic heterocycles. The zero-order valence-corrected chi connectivity index (χ0v) is 13.9. The van der Waals surface area contributed by atoms with Gasteiger partial charge in [0.15, 0.2) is 0 Å². The molecule has 4 rings (SSSR count). The topological polar surface area (TPSA) is 55.1 Å². The van der Waals surface area contributed by atoms with Crippen LogP contribution >= 0.6 is 28.1 Å². The van der Waals surface area contributed by atoms with Crippen molar-refractivity contribution in [1.82, 2.24) is 0 Å². The first-order valence-electron chi connectivity index (χ1n) is 7.46. The van der Waals surface area contributed by atoms with Gasteiger partial charge in [-0.3, -0.25) is 4.79 Å². The minimum atomic E-state index is 0.154. The fourth-order valence-electron chi connectivity index (χ4n) is 4.72. The molecule has 0 aromatic heterocycles. The maximum absolute atomic E-state index is 12.6. The van der Waals surface area contributed by atoms with E-state index in [0.29, 0.717) is 16.8 Å². The van der Waals surface area contributed by atoms with E-state index in [4.69, 9.17) is 18.0 Å². The number of nitrogens with one attached hydrogen (secondary N) is 1. The van der Waals surface area contributed by atoms with E-state index in [1.165, 1.54) is 19.3 Å². The minimum absolute atomic E-state index is 0.154. The van der Waals surface area contributed by atoms with Crippen LogP contribution in [0, 0.1) is 29.6 Å². The van der Waals surface area contributed by atoms with Crippen LogP contribution in [0.1, 0.15) is 24.8 Å². The lowest BCUT2D eigenvalue weighted by Gasteiger charge is -2.13. The Hall–Kier alpha value is -0.940. The summed E-state index contributed by atoms with van der Waals surface area (Å²) in [7, 11) is 0. The molecule has 3 saturated carbocycles. The molecule has 21 heavy (non-hydrogen) atoms. The SMILES string of the molecule is NC(=S)c1cc(Br)ccc1NC(=O)C1C2C3CCC(C3)C12. The van der Waals surface area contributed by atoms with Crippen LogP contribution in [-0.4, -0.2) is 10.9 Å². The number of nitrogens with two attached hydrogens (primary N) is 1. The van der Waals surface area contributed by atoms with Crippen molar-refractivity contribution in [3.8, 4) is 0 Å². The molecule has 1 amide bonds. The van der Waals surface area contributed by atoms with Crippen LogP contribution in [-0.2, 0) is 4.79 Å². The largest absolute Gasteiger partial charge is 0.389 e. The number of hydrogen-bond acceptors (Lipinski definition) is 2. The molecule has 4 atom stereocenters. The zero-order valence-electron chi connectivity index (χ0n) is 11.5. The van der Waals surface area contributed by atoms with Gasteiger partial charge in [0.05, 0.1) is 5.69 Å². The van der Waals surface area contributed by atoms with Gasteiger partial charge < -0.3 is 11.1 Å². The monoisotopic (exact) mass is 364 g/mol. The molecular formula is C16H17BrN2OS. The molecular weight excluding hydrogens is 348 g/mol. The van der Waals surface area contributed by atoms with E-state index in [9.17, 15) is 4.79 Å². The number of benzene rings is 1. The van der Waals surface area contributed by atoms with Crippen LogP contribution in [0.5, 0.6) is 0 Å². The van der Waals surface area contributed by atoms with Gasteiger partial charge in [-0.1, -0.05) is 28.1 Å². The molecule has 3 nitrogen and oxygen atoms in total. The van der Waals surface area contributed by atoms with E-state index in [-0.39, 0.29) is 11.8 Å². The first-order valence-corrected chi connectivity index (χ1v) is 8.66. The second-order valence-electron chi connectivity index (χ2n) is 6.56.